The second-order valence-corrected chi connectivity index (χ2v) is 7.49. The molecule has 0 bridgehead atoms. The zero-order chi connectivity index (χ0) is 14.5. The maximum atomic E-state index is 12.7. The van der Waals surface area contributed by atoms with Crippen LogP contribution < -0.4 is 5.32 Å². The quantitative estimate of drug-likeness (QED) is 0.862. The molecule has 2 aliphatic carbocycles. The van der Waals surface area contributed by atoms with Crippen LogP contribution in [0.5, 0.6) is 0 Å². The highest BCUT2D eigenvalue weighted by molar-refractivity contribution is 5.78. The van der Waals surface area contributed by atoms with Gasteiger partial charge >= 0.3 is 0 Å². The molecular formula is C18H32N2O. The van der Waals surface area contributed by atoms with E-state index in [1.165, 1.54) is 51.5 Å². The van der Waals surface area contributed by atoms with Gasteiger partial charge in [0, 0.05) is 25.0 Å². The molecule has 2 saturated carbocycles. The van der Waals surface area contributed by atoms with Crippen LogP contribution in [0.1, 0.15) is 70.6 Å². The summed E-state index contributed by atoms with van der Waals surface area (Å²) in [5.74, 6) is 1.76. The number of piperidine rings is 1. The molecule has 0 atom stereocenters. The first kappa shape index (κ1) is 15.3. The molecule has 0 radical (unpaired) electrons. The summed E-state index contributed by atoms with van der Waals surface area (Å²) in [5.41, 5.74) is 0. The Bertz CT molecular complexity index is 324. The Morgan fingerprint density at radius 2 is 1.48 bits per heavy atom. The predicted molar refractivity (Wildman–Crippen MR) is 86.1 cm³/mol. The van der Waals surface area contributed by atoms with Crippen molar-refractivity contribution in [1.82, 2.24) is 10.2 Å². The Morgan fingerprint density at radius 3 is 2.10 bits per heavy atom. The minimum Gasteiger partial charge on any atom is -0.342 e. The van der Waals surface area contributed by atoms with E-state index in [0.29, 0.717) is 17.9 Å². The van der Waals surface area contributed by atoms with Gasteiger partial charge in [-0.2, -0.15) is 0 Å². The third kappa shape index (κ3) is 4.70. The van der Waals surface area contributed by atoms with Crippen LogP contribution in [-0.4, -0.2) is 36.5 Å². The van der Waals surface area contributed by atoms with Crippen LogP contribution >= 0.6 is 0 Å². The van der Waals surface area contributed by atoms with E-state index in [1.807, 2.05) is 0 Å². The van der Waals surface area contributed by atoms with Crippen molar-refractivity contribution in [2.45, 2.75) is 76.7 Å². The lowest BCUT2D eigenvalue weighted by molar-refractivity contribution is -0.137. The van der Waals surface area contributed by atoms with Crippen LogP contribution in [0.3, 0.4) is 0 Å². The highest BCUT2D eigenvalue weighted by Gasteiger charge is 2.29. The topological polar surface area (TPSA) is 32.3 Å². The lowest BCUT2D eigenvalue weighted by atomic mass is 9.89. The number of hydrogen-bond donors (Lipinski definition) is 1. The summed E-state index contributed by atoms with van der Waals surface area (Å²) in [6.45, 7) is 3.18. The zero-order valence-corrected chi connectivity index (χ0v) is 13.5. The molecule has 1 saturated heterocycles. The molecule has 1 amide bonds. The van der Waals surface area contributed by atoms with Gasteiger partial charge < -0.3 is 10.2 Å². The molecule has 0 unspecified atom stereocenters. The molecule has 0 aromatic carbocycles. The number of rotatable bonds is 4. The van der Waals surface area contributed by atoms with Gasteiger partial charge in [-0.3, -0.25) is 4.79 Å². The van der Waals surface area contributed by atoms with Crippen molar-refractivity contribution in [2.24, 2.45) is 11.8 Å². The maximum absolute atomic E-state index is 12.7. The number of amides is 1. The van der Waals surface area contributed by atoms with Crippen LogP contribution in [0.15, 0.2) is 0 Å². The van der Waals surface area contributed by atoms with E-state index in [2.05, 4.69) is 10.2 Å². The van der Waals surface area contributed by atoms with Crippen molar-refractivity contribution in [3.05, 3.63) is 0 Å². The second-order valence-electron chi connectivity index (χ2n) is 7.49. The smallest absolute Gasteiger partial charge is 0.225 e. The summed E-state index contributed by atoms with van der Waals surface area (Å²) < 4.78 is 0. The van der Waals surface area contributed by atoms with Crippen molar-refractivity contribution in [3.63, 3.8) is 0 Å². The summed E-state index contributed by atoms with van der Waals surface area (Å²) in [6, 6.07) is 0.659. The maximum Gasteiger partial charge on any atom is 0.225 e. The fourth-order valence-electron chi connectivity index (χ4n) is 3.92. The lowest BCUT2D eigenvalue weighted by Crippen LogP contribution is -2.47. The summed E-state index contributed by atoms with van der Waals surface area (Å²) >= 11 is 0. The average molecular weight is 292 g/mol. The molecule has 0 aromatic rings. The molecule has 3 fully saturated rings. The Labute approximate surface area is 129 Å². The Kier molecular flexibility index (Phi) is 5.56. The second kappa shape index (κ2) is 7.62. The Morgan fingerprint density at radius 1 is 0.857 bits per heavy atom. The number of hydrogen-bond acceptors (Lipinski definition) is 2. The largest absolute Gasteiger partial charge is 0.342 e. The van der Waals surface area contributed by atoms with Crippen molar-refractivity contribution >= 4 is 5.91 Å². The van der Waals surface area contributed by atoms with Crippen LogP contribution in [0.4, 0.5) is 0 Å². The van der Waals surface area contributed by atoms with Gasteiger partial charge in [0.2, 0.25) is 5.91 Å². The summed E-state index contributed by atoms with van der Waals surface area (Å²) in [7, 11) is 0. The molecule has 3 rings (SSSR count). The fraction of sp³-hybridized carbons (Fsp3) is 0.944. The number of nitrogens with zero attached hydrogens (tertiary/aromatic N) is 1. The molecule has 3 nitrogen and oxygen atoms in total. The van der Waals surface area contributed by atoms with Crippen molar-refractivity contribution in [1.29, 1.82) is 0 Å². The highest BCUT2D eigenvalue weighted by atomic mass is 16.2. The summed E-state index contributed by atoms with van der Waals surface area (Å²) in [4.78, 5) is 14.9. The molecule has 0 spiro atoms. The molecule has 3 aliphatic rings. The Balaban J connectivity index is 1.40. The van der Waals surface area contributed by atoms with E-state index < -0.39 is 0 Å². The minimum absolute atomic E-state index is 0.335. The predicted octanol–water partition coefficient (Wildman–Crippen LogP) is 3.34. The van der Waals surface area contributed by atoms with Gasteiger partial charge in [0.15, 0.2) is 0 Å². The van der Waals surface area contributed by atoms with E-state index in [1.54, 1.807) is 0 Å². The van der Waals surface area contributed by atoms with Gasteiger partial charge in [0.1, 0.15) is 0 Å². The van der Waals surface area contributed by atoms with Gasteiger partial charge in [-0.15, -0.1) is 0 Å². The fourth-order valence-corrected chi connectivity index (χ4v) is 3.92. The van der Waals surface area contributed by atoms with E-state index >= 15 is 0 Å². The van der Waals surface area contributed by atoms with Crippen molar-refractivity contribution < 1.29 is 4.79 Å². The average Bonchev–Trinajstić information content (AvgIpc) is 3.29. The number of nitrogens with one attached hydrogen (secondary N) is 1. The van der Waals surface area contributed by atoms with Crippen LogP contribution in [0, 0.1) is 11.8 Å². The van der Waals surface area contributed by atoms with Crippen molar-refractivity contribution in [3.8, 4) is 0 Å². The first-order chi connectivity index (χ1) is 10.3. The van der Waals surface area contributed by atoms with E-state index in [4.69, 9.17) is 0 Å². The molecule has 3 heteroatoms. The molecular weight excluding hydrogens is 260 g/mol. The van der Waals surface area contributed by atoms with E-state index in [0.717, 1.165) is 44.7 Å². The Hall–Kier alpha value is -0.570. The van der Waals surface area contributed by atoms with Gasteiger partial charge in [0.25, 0.3) is 0 Å². The van der Waals surface area contributed by atoms with Crippen LogP contribution in [-0.2, 0) is 4.79 Å². The molecule has 0 aromatic heterocycles. The molecule has 1 heterocycles. The zero-order valence-electron chi connectivity index (χ0n) is 13.5. The van der Waals surface area contributed by atoms with Crippen LogP contribution in [0.2, 0.25) is 0 Å². The first-order valence-corrected chi connectivity index (χ1v) is 9.35. The third-order valence-electron chi connectivity index (χ3n) is 5.65. The van der Waals surface area contributed by atoms with Gasteiger partial charge in [-0.25, -0.2) is 0 Å². The highest BCUT2D eigenvalue weighted by Crippen LogP contribution is 2.28. The lowest BCUT2D eigenvalue weighted by Gasteiger charge is -2.35. The van der Waals surface area contributed by atoms with E-state index in [-0.39, 0.29) is 0 Å². The molecule has 120 valence electrons. The standard InChI is InChI=1S/C18H32N2O/c21-18(16-6-4-2-1-3-5-7-16)20-12-10-17(11-13-20)19-14-15-8-9-15/h15-17,19H,1-14H2. The number of likely N-dealkylation sites (tertiary alicyclic amines) is 1. The number of carbonyl (C=O) groups excluding carboxylic acids is 1. The molecule has 1 N–H and O–H groups in total. The van der Waals surface area contributed by atoms with Crippen molar-refractivity contribution in [2.75, 3.05) is 19.6 Å². The van der Waals surface area contributed by atoms with E-state index in [9.17, 15) is 4.79 Å². The molecule has 21 heavy (non-hydrogen) atoms. The van der Waals surface area contributed by atoms with Gasteiger partial charge in [-0.1, -0.05) is 32.1 Å². The number of carbonyl (C=O) groups is 1. The first-order valence-electron chi connectivity index (χ1n) is 9.35. The summed E-state index contributed by atoms with van der Waals surface area (Å²) in [5, 5.41) is 3.70. The normalized spacial score (nSPS) is 26.4. The molecule has 1 aliphatic heterocycles. The van der Waals surface area contributed by atoms with Crippen LogP contribution in [0.25, 0.3) is 0 Å². The SMILES string of the molecule is O=C(C1CCCCCCC1)N1CCC(NCC2CC2)CC1. The van der Waals surface area contributed by atoms with Gasteiger partial charge in [-0.05, 0) is 51.0 Å². The monoisotopic (exact) mass is 292 g/mol. The third-order valence-corrected chi connectivity index (χ3v) is 5.65. The van der Waals surface area contributed by atoms with Gasteiger partial charge in [0.05, 0.1) is 0 Å². The summed E-state index contributed by atoms with van der Waals surface area (Å²) in [6.07, 6.45) is 14.0. The minimum atomic E-state index is 0.335.